The zero-order chi connectivity index (χ0) is 19.1. The average molecular weight is 397 g/mol. The molecule has 1 unspecified atom stereocenters. The first-order chi connectivity index (χ1) is 13.7. The van der Waals surface area contributed by atoms with E-state index in [0.29, 0.717) is 16.4 Å². The van der Waals surface area contributed by atoms with E-state index >= 15 is 0 Å². The summed E-state index contributed by atoms with van der Waals surface area (Å²) in [7, 11) is 0. The number of hydrogen-bond donors (Lipinski definition) is 1. The van der Waals surface area contributed by atoms with E-state index < -0.39 is 6.17 Å². The van der Waals surface area contributed by atoms with Gasteiger partial charge in [-0.2, -0.15) is 0 Å². The second-order valence-corrected chi connectivity index (χ2v) is 7.28. The smallest absolute Gasteiger partial charge is 0.140 e. The zero-order valence-corrected chi connectivity index (χ0v) is 15.8. The van der Waals surface area contributed by atoms with Gasteiger partial charge < -0.3 is 10.2 Å². The van der Waals surface area contributed by atoms with Crippen LogP contribution in [0.15, 0.2) is 49.1 Å². The van der Waals surface area contributed by atoms with Crippen molar-refractivity contribution in [2.24, 2.45) is 0 Å². The van der Waals surface area contributed by atoms with Crippen molar-refractivity contribution in [1.29, 1.82) is 0 Å². The van der Waals surface area contributed by atoms with Gasteiger partial charge in [0.05, 0.1) is 22.6 Å². The standard InChI is InChI=1S/C20H18ClFN6/c21-13-4-3-5-14(22)19(13)20-26-15-11-23-7-6-16(15)28(20)18-10-17(24-12-25-18)27-8-1-2-9-27/h3-7,10-12,20,26H,1-2,8-9H2. The summed E-state index contributed by atoms with van der Waals surface area (Å²) in [6.45, 7) is 1.97. The Morgan fingerprint density at radius 2 is 1.93 bits per heavy atom. The lowest BCUT2D eigenvalue weighted by atomic mass is 10.1. The Kier molecular flexibility index (Phi) is 4.24. The van der Waals surface area contributed by atoms with Gasteiger partial charge in [-0.25, -0.2) is 14.4 Å². The molecular weight excluding hydrogens is 379 g/mol. The molecule has 0 spiro atoms. The summed E-state index contributed by atoms with van der Waals surface area (Å²) in [4.78, 5) is 17.3. The number of aromatic nitrogens is 3. The normalized spacial score (nSPS) is 18.3. The fourth-order valence-electron chi connectivity index (χ4n) is 3.88. The van der Waals surface area contributed by atoms with E-state index in [1.165, 1.54) is 6.07 Å². The van der Waals surface area contributed by atoms with Crippen LogP contribution in [0.25, 0.3) is 0 Å². The molecule has 0 radical (unpaired) electrons. The van der Waals surface area contributed by atoms with E-state index in [1.807, 2.05) is 17.0 Å². The van der Waals surface area contributed by atoms with Crippen LogP contribution in [0, 0.1) is 5.82 Å². The summed E-state index contributed by atoms with van der Waals surface area (Å²) in [5.41, 5.74) is 2.04. The number of anilines is 4. The highest BCUT2D eigenvalue weighted by Gasteiger charge is 2.35. The van der Waals surface area contributed by atoms with E-state index in [-0.39, 0.29) is 5.82 Å². The SMILES string of the molecule is Fc1cccc(Cl)c1C1Nc2cnccc2N1c1cc(N2CCCC2)ncn1. The molecule has 4 heterocycles. The monoisotopic (exact) mass is 396 g/mol. The van der Waals surface area contributed by atoms with Gasteiger partial charge in [-0.05, 0) is 31.0 Å². The fourth-order valence-corrected chi connectivity index (χ4v) is 4.14. The van der Waals surface area contributed by atoms with Crippen molar-refractivity contribution < 1.29 is 4.39 Å². The number of nitrogens with zero attached hydrogens (tertiary/aromatic N) is 5. The largest absolute Gasteiger partial charge is 0.358 e. The van der Waals surface area contributed by atoms with Gasteiger partial charge in [0.2, 0.25) is 0 Å². The minimum absolute atomic E-state index is 0.358. The lowest BCUT2D eigenvalue weighted by Crippen LogP contribution is -2.26. The number of fused-ring (bicyclic) bond motifs is 1. The predicted molar refractivity (Wildman–Crippen MR) is 108 cm³/mol. The lowest BCUT2D eigenvalue weighted by Gasteiger charge is -2.28. The molecule has 1 saturated heterocycles. The van der Waals surface area contributed by atoms with Gasteiger partial charge in [-0.1, -0.05) is 17.7 Å². The molecule has 3 aromatic rings. The van der Waals surface area contributed by atoms with Crippen molar-refractivity contribution in [2.45, 2.75) is 19.0 Å². The summed E-state index contributed by atoms with van der Waals surface area (Å²) in [6, 6.07) is 8.54. The molecule has 142 valence electrons. The molecule has 2 aromatic heterocycles. The van der Waals surface area contributed by atoms with E-state index in [1.54, 1.807) is 30.9 Å². The molecule has 2 aliphatic rings. The van der Waals surface area contributed by atoms with E-state index in [9.17, 15) is 4.39 Å². The van der Waals surface area contributed by atoms with Gasteiger partial charge in [0.25, 0.3) is 0 Å². The van der Waals surface area contributed by atoms with Gasteiger partial charge in [0.15, 0.2) is 0 Å². The first-order valence-electron chi connectivity index (χ1n) is 9.23. The molecule has 0 bridgehead atoms. The summed E-state index contributed by atoms with van der Waals surface area (Å²) >= 11 is 6.38. The Labute approximate surface area is 167 Å². The van der Waals surface area contributed by atoms with Crippen LogP contribution in [0.2, 0.25) is 5.02 Å². The van der Waals surface area contributed by atoms with Gasteiger partial charge in [0, 0.05) is 30.9 Å². The van der Waals surface area contributed by atoms with Crippen LogP contribution in [0.1, 0.15) is 24.6 Å². The molecule has 1 aromatic carbocycles. The topological polar surface area (TPSA) is 57.2 Å². The molecule has 1 N–H and O–H groups in total. The lowest BCUT2D eigenvalue weighted by molar-refractivity contribution is 0.596. The number of benzene rings is 1. The maximum absolute atomic E-state index is 14.7. The maximum atomic E-state index is 14.7. The molecule has 5 rings (SSSR count). The summed E-state index contributed by atoms with van der Waals surface area (Å²) in [6.07, 6.45) is 6.77. The van der Waals surface area contributed by atoms with Crippen molar-refractivity contribution in [2.75, 3.05) is 28.2 Å². The first-order valence-corrected chi connectivity index (χ1v) is 9.61. The van der Waals surface area contributed by atoms with Crippen LogP contribution in [0.3, 0.4) is 0 Å². The van der Waals surface area contributed by atoms with Gasteiger partial charge in [-0.3, -0.25) is 9.88 Å². The summed E-state index contributed by atoms with van der Waals surface area (Å²) < 4.78 is 14.7. The Balaban J connectivity index is 1.63. The van der Waals surface area contributed by atoms with Crippen LogP contribution in [0.4, 0.5) is 27.4 Å². The molecule has 0 saturated carbocycles. The maximum Gasteiger partial charge on any atom is 0.140 e. The second-order valence-electron chi connectivity index (χ2n) is 6.87. The molecule has 6 nitrogen and oxygen atoms in total. The minimum Gasteiger partial charge on any atom is -0.358 e. The zero-order valence-electron chi connectivity index (χ0n) is 15.0. The van der Waals surface area contributed by atoms with E-state index in [0.717, 1.165) is 43.1 Å². The Morgan fingerprint density at radius 1 is 1.11 bits per heavy atom. The third kappa shape index (κ3) is 2.82. The molecule has 28 heavy (non-hydrogen) atoms. The molecule has 0 aliphatic carbocycles. The van der Waals surface area contributed by atoms with E-state index in [4.69, 9.17) is 11.6 Å². The first kappa shape index (κ1) is 17.2. The van der Waals surface area contributed by atoms with Crippen LogP contribution < -0.4 is 15.1 Å². The van der Waals surface area contributed by atoms with Crippen LogP contribution in [0.5, 0.6) is 0 Å². The molecule has 1 atom stereocenters. The van der Waals surface area contributed by atoms with Gasteiger partial charge >= 0.3 is 0 Å². The molecular formula is C20H18ClFN6. The summed E-state index contributed by atoms with van der Waals surface area (Å²) in [5, 5.41) is 3.69. The molecule has 1 fully saturated rings. The summed E-state index contributed by atoms with van der Waals surface area (Å²) in [5.74, 6) is 1.19. The Hall–Kier alpha value is -2.93. The Morgan fingerprint density at radius 3 is 2.75 bits per heavy atom. The van der Waals surface area contributed by atoms with Gasteiger partial charge in [-0.15, -0.1) is 0 Å². The number of halogens is 2. The number of pyridine rings is 1. The van der Waals surface area contributed by atoms with Crippen molar-refractivity contribution in [3.8, 4) is 0 Å². The molecule has 0 amide bonds. The minimum atomic E-state index is -0.533. The Bertz CT molecular complexity index is 1000. The highest BCUT2D eigenvalue weighted by atomic mass is 35.5. The van der Waals surface area contributed by atoms with Crippen molar-refractivity contribution in [1.82, 2.24) is 15.0 Å². The highest BCUT2D eigenvalue weighted by molar-refractivity contribution is 6.31. The van der Waals surface area contributed by atoms with Crippen molar-refractivity contribution in [3.05, 3.63) is 65.5 Å². The molecule has 2 aliphatic heterocycles. The van der Waals surface area contributed by atoms with Crippen molar-refractivity contribution >= 4 is 34.6 Å². The third-order valence-corrected chi connectivity index (χ3v) is 5.53. The third-order valence-electron chi connectivity index (χ3n) is 5.20. The van der Waals surface area contributed by atoms with Crippen molar-refractivity contribution in [3.63, 3.8) is 0 Å². The van der Waals surface area contributed by atoms with Gasteiger partial charge in [0.1, 0.15) is 29.9 Å². The van der Waals surface area contributed by atoms with Crippen LogP contribution in [-0.2, 0) is 0 Å². The number of nitrogens with one attached hydrogen (secondary N) is 1. The van der Waals surface area contributed by atoms with E-state index in [2.05, 4.69) is 25.2 Å². The van der Waals surface area contributed by atoms with Crippen LogP contribution in [-0.4, -0.2) is 28.0 Å². The molecule has 8 heteroatoms. The van der Waals surface area contributed by atoms with Crippen LogP contribution >= 0.6 is 11.6 Å². The average Bonchev–Trinajstić information content (AvgIpc) is 3.36. The second kappa shape index (κ2) is 6.91. The quantitative estimate of drug-likeness (QED) is 0.702. The predicted octanol–water partition coefficient (Wildman–Crippen LogP) is 4.53. The fraction of sp³-hybridized carbons (Fsp3) is 0.250. The highest BCUT2D eigenvalue weighted by Crippen LogP contribution is 2.47. The number of hydrogen-bond acceptors (Lipinski definition) is 6. The number of rotatable bonds is 3.